The molecule has 0 saturated heterocycles. The predicted octanol–water partition coefficient (Wildman–Crippen LogP) is 4.48. The molecule has 0 bridgehead atoms. The average molecular weight is 319 g/mol. The van der Waals surface area contributed by atoms with Crippen molar-refractivity contribution in [3.05, 3.63) is 34.9 Å². The molecule has 1 aromatic carbocycles. The van der Waals surface area contributed by atoms with Crippen molar-refractivity contribution in [2.75, 3.05) is 0 Å². The van der Waals surface area contributed by atoms with E-state index in [9.17, 15) is 0 Å². The summed E-state index contributed by atoms with van der Waals surface area (Å²) in [4.78, 5) is 0. The maximum absolute atomic E-state index is 5.90. The summed E-state index contributed by atoms with van der Waals surface area (Å²) < 4.78 is -0.676. The third-order valence-corrected chi connectivity index (χ3v) is 2.56. The van der Waals surface area contributed by atoms with Crippen molar-refractivity contribution in [3.63, 3.8) is 0 Å². The van der Waals surface area contributed by atoms with E-state index in [0.717, 1.165) is 5.56 Å². The van der Waals surface area contributed by atoms with Crippen LogP contribution in [0.4, 0.5) is 0 Å². The van der Waals surface area contributed by atoms with Crippen molar-refractivity contribution >= 4 is 55.1 Å². The summed E-state index contributed by atoms with van der Waals surface area (Å²) >= 11 is 18.1. The van der Waals surface area contributed by atoms with Crippen LogP contribution in [0.1, 0.15) is 5.56 Å². The highest BCUT2D eigenvalue weighted by molar-refractivity contribution is 9.25. The second-order valence-electron chi connectivity index (χ2n) is 2.00. The van der Waals surface area contributed by atoms with Crippen LogP contribution in [0.2, 0.25) is 5.02 Å². The Bertz CT molecular complexity index is 238. The molecule has 60 valence electrons. The van der Waals surface area contributed by atoms with Gasteiger partial charge < -0.3 is 0 Å². The zero-order valence-electron chi connectivity index (χ0n) is 5.32. The molecule has 0 spiro atoms. The molecule has 11 heavy (non-hydrogen) atoms. The third kappa shape index (κ3) is 2.94. The van der Waals surface area contributed by atoms with Gasteiger partial charge in [-0.1, -0.05) is 35.3 Å². The van der Waals surface area contributed by atoms with Crippen LogP contribution in [0.3, 0.4) is 0 Å². The van der Waals surface area contributed by atoms with Crippen LogP contribution in [0.15, 0.2) is 24.3 Å². The quantitative estimate of drug-likeness (QED) is 0.670. The second kappa shape index (κ2) is 3.65. The summed E-state index contributed by atoms with van der Waals surface area (Å²) in [6.07, 6.45) is 0. The minimum atomic E-state index is -0.676. The lowest BCUT2D eigenvalue weighted by atomic mass is 10.2. The van der Waals surface area contributed by atoms with Crippen LogP contribution in [-0.4, -0.2) is 0 Å². The fourth-order valence-electron chi connectivity index (χ4n) is 0.639. The van der Waals surface area contributed by atoms with Gasteiger partial charge in [0.25, 0.3) is 0 Å². The van der Waals surface area contributed by atoms with Gasteiger partial charge in [-0.05, 0) is 49.6 Å². The van der Waals surface area contributed by atoms with E-state index in [0.29, 0.717) is 5.02 Å². The maximum atomic E-state index is 5.90. The van der Waals surface area contributed by atoms with E-state index in [2.05, 4.69) is 31.9 Å². The topological polar surface area (TPSA) is 0 Å². The van der Waals surface area contributed by atoms with Gasteiger partial charge in [-0.3, -0.25) is 0 Å². The van der Waals surface area contributed by atoms with Gasteiger partial charge in [0.05, 0.1) is 0 Å². The Hall–Kier alpha value is 0.760. The minimum Gasteiger partial charge on any atom is -0.0886 e. The molecule has 0 radical (unpaired) electrons. The van der Waals surface area contributed by atoms with E-state index in [-0.39, 0.29) is 0 Å². The Morgan fingerprint density at radius 2 is 1.55 bits per heavy atom. The number of hydrogen-bond acceptors (Lipinski definition) is 0. The number of rotatable bonds is 1. The first-order valence-corrected chi connectivity index (χ1v) is 5.17. The van der Waals surface area contributed by atoms with Crippen LogP contribution in [-0.2, 0) is 2.69 Å². The summed E-state index contributed by atoms with van der Waals surface area (Å²) in [7, 11) is 0. The molecular weight excluding hydrogens is 315 g/mol. The van der Waals surface area contributed by atoms with Gasteiger partial charge in [-0.25, -0.2) is 0 Å². The molecule has 0 fully saturated rings. The first-order chi connectivity index (χ1) is 5.00. The van der Waals surface area contributed by atoms with Crippen molar-refractivity contribution in [1.82, 2.24) is 0 Å². The van der Waals surface area contributed by atoms with Gasteiger partial charge >= 0.3 is 0 Å². The summed E-state index contributed by atoms with van der Waals surface area (Å²) in [6, 6.07) is 7.27. The van der Waals surface area contributed by atoms with Crippen molar-refractivity contribution in [1.29, 1.82) is 0 Å². The van der Waals surface area contributed by atoms with Crippen molar-refractivity contribution in [2.24, 2.45) is 0 Å². The van der Waals surface area contributed by atoms with E-state index in [1.54, 1.807) is 12.1 Å². The summed E-state index contributed by atoms with van der Waals surface area (Å²) in [5.74, 6) is 0. The lowest BCUT2D eigenvalue weighted by Gasteiger charge is -2.10. The first kappa shape index (κ1) is 9.85. The van der Waals surface area contributed by atoms with Crippen LogP contribution in [0.25, 0.3) is 0 Å². The standard InChI is InChI=1S/C7H4Br2Cl2/c8-7(9,11)5-1-3-6(10)4-2-5/h1-4H. The van der Waals surface area contributed by atoms with Gasteiger partial charge in [-0.2, -0.15) is 0 Å². The fraction of sp³-hybridized carbons (Fsp3) is 0.143. The van der Waals surface area contributed by atoms with E-state index in [1.807, 2.05) is 12.1 Å². The van der Waals surface area contributed by atoms with E-state index in [4.69, 9.17) is 23.2 Å². The van der Waals surface area contributed by atoms with Crippen LogP contribution >= 0.6 is 55.1 Å². The molecule has 0 aliphatic carbocycles. The Morgan fingerprint density at radius 1 is 1.09 bits per heavy atom. The molecule has 0 aliphatic rings. The zero-order valence-corrected chi connectivity index (χ0v) is 10.0. The Kier molecular flexibility index (Phi) is 3.27. The second-order valence-corrected chi connectivity index (χ2v) is 7.36. The van der Waals surface area contributed by atoms with Crippen molar-refractivity contribution in [2.45, 2.75) is 2.69 Å². The molecule has 1 rings (SSSR count). The van der Waals surface area contributed by atoms with Crippen molar-refractivity contribution < 1.29 is 0 Å². The Balaban J connectivity index is 2.99. The van der Waals surface area contributed by atoms with Crippen LogP contribution < -0.4 is 0 Å². The van der Waals surface area contributed by atoms with E-state index >= 15 is 0 Å². The molecule has 0 N–H and O–H groups in total. The van der Waals surface area contributed by atoms with Gasteiger partial charge in [-0.15, -0.1) is 0 Å². The van der Waals surface area contributed by atoms with E-state index in [1.165, 1.54) is 0 Å². The summed E-state index contributed by atoms with van der Waals surface area (Å²) in [5.41, 5.74) is 0.920. The fourth-order valence-corrected chi connectivity index (χ4v) is 1.42. The van der Waals surface area contributed by atoms with Gasteiger partial charge in [0, 0.05) is 5.02 Å². The highest BCUT2D eigenvalue weighted by Gasteiger charge is 2.20. The Morgan fingerprint density at radius 3 is 1.91 bits per heavy atom. The summed E-state index contributed by atoms with van der Waals surface area (Å²) in [6.45, 7) is 0. The predicted molar refractivity (Wildman–Crippen MR) is 56.8 cm³/mol. The van der Waals surface area contributed by atoms with Gasteiger partial charge in [0.2, 0.25) is 0 Å². The van der Waals surface area contributed by atoms with E-state index < -0.39 is 2.69 Å². The first-order valence-electron chi connectivity index (χ1n) is 2.83. The largest absolute Gasteiger partial charge is 0.178 e. The number of benzene rings is 1. The molecule has 4 heteroatoms. The molecule has 1 aromatic rings. The van der Waals surface area contributed by atoms with Crippen LogP contribution in [0.5, 0.6) is 0 Å². The number of hydrogen-bond donors (Lipinski definition) is 0. The zero-order chi connectivity index (χ0) is 8.48. The number of alkyl halides is 3. The highest BCUT2D eigenvalue weighted by atomic mass is 79.9. The SMILES string of the molecule is Clc1ccc(C(Cl)(Br)Br)cc1. The molecule has 0 saturated carbocycles. The molecule has 0 atom stereocenters. The smallest absolute Gasteiger partial charge is 0.0886 e. The monoisotopic (exact) mass is 316 g/mol. The van der Waals surface area contributed by atoms with Crippen molar-refractivity contribution in [3.8, 4) is 0 Å². The Labute approximate surface area is 92.1 Å². The molecule has 0 amide bonds. The maximum Gasteiger partial charge on any atom is 0.178 e. The minimum absolute atomic E-state index is 0.676. The molecule has 0 aromatic heterocycles. The molecule has 0 heterocycles. The lowest BCUT2D eigenvalue weighted by Crippen LogP contribution is -1.96. The average Bonchev–Trinajstić information content (AvgIpc) is 1.86. The molecule has 0 nitrogen and oxygen atoms in total. The normalized spacial score (nSPS) is 11.6. The molecule has 0 unspecified atom stereocenters. The highest BCUT2D eigenvalue weighted by Crippen LogP contribution is 2.42. The van der Waals surface area contributed by atoms with Gasteiger partial charge in [0.1, 0.15) is 0 Å². The third-order valence-electron chi connectivity index (χ3n) is 1.17. The molecular formula is C7H4Br2Cl2. The van der Waals surface area contributed by atoms with Gasteiger partial charge in [0.15, 0.2) is 2.69 Å². The number of halogens is 4. The summed E-state index contributed by atoms with van der Waals surface area (Å²) in [5, 5.41) is 0.703. The molecule has 0 aliphatic heterocycles. The lowest BCUT2D eigenvalue weighted by molar-refractivity contribution is 1.33. The van der Waals surface area contributed by atoms with Crippen LogP contribution in [0, 0.1) is 0 Å².